The number of anilines is 1. The first-order valence-electron chi connectivity index (χ1n) is 14.2. The molecule has 2 fully saturated rings. The zero-order valence-corrected chi connectivity index (χ0v) is 32.5. The molecule has 0 spiro atoms. The number of aromatic nitrogens is 7. The normalized spacial score (nSPS) is 31.3. The summed E-state index contributed by atoms with van der Waals surface area (Å²) in [5, 5.41) is 69.3. The molecule has 5 rings (SSSR count). The molecule has 3 unspecified atom stereocenters. The number of phosphoric ester groups is 2. The molecular weight excluding hydrogens is 740 g/mol. The van der Waals surface area contributed by atoms with Crippen molar-refractivity contribution in [3.05, 3.63) is 28.6 Å². The van der Waals surface area contributed by atoms with Gasteiger partial charge in [0.2, 0.25) is 5.95 Å². The molecule has 9 N–H and O–H groups in total. The standard InChI is InChI=1S/C22H34N8O16P2.2Na/c1-2-9(31)3-8-4-29(28-27-8)5-10-13(32)15(34)17(36)21(44-10)45-48(40,41)46-47(38,39)42-6-11-14(33)16(35)20(43-11)30-7-24-12-18(30)25-22(23)26-19(12)37;;/h4,7,9-11,13-17,20-21,31-36H,2-3,5-6H2,1H3,(H,38,39)(H,40,41)(H3,23,25,26,37);;/q;2*+1/p-2/t9?,10-,11+,13+,14+,15+,16+,17-,20+,21+;;/m0../s1. The van der Waals surface area contributed by atoms with Crippen LogP contribution in [0.5, 0.6) is 0 Å². The zero-order chi connectivity index (χ0) is 35.1. The van der Waals surface area contributed by atoms with E-state index in [2.05, 4.69) is 38.6 Å². The van der Waals surface area contributed by atoms with Gasteiger partial charge in [0.05, 0.1) is 31.3 Å². The Labute approximate surface area is 325 Å². The maximum atomic E-state index is 12.5. The molecule has 2 aliphatic heterocycles. The Morgan fingerprint density at radius 1 is 1.04 bits per heavy atom. The zero-order valence-electron chi connectivity index (χ0n) is 26.7. The van der Waals surface area contributed by atoms with Gasteiger partial charge in [-0.15, -0.1) is 5.10 Å². The molecule has 0 aliphatic carbocycles. The van der Waals surface area contributed by atoms with Crippen molar-refractivity contribution in [2.24, 2.45) is 0 Å². The molecule has 0 radical (unpaired) electrons. The Bertz CT molecular complexity index is 1750. The molecule has 5 heterocycles. The van der Waals surface area contributed by atoms with Crippen molar-refractivity contribution in [2.75, 3.05) is 12.3 Å². The first-order chi connectivity index (χ1) is 22.5. The van der Waals surface area contributed by atoms with Gasteiger partial charge in [-0.05, 0) is 6.42 Å². The second kappa shape index (κ2) is 17.6. The average molecular weight is 772 g/mol. The van der Waals surface area contributed by atoms with Gasteiger partial charge in [-0.25, -0.2) is 14.0 Å². The van der Waals surface area contributed by atoms with Crippen LogP contribution in [0.15, 0.2) is 17.3 Å². The number of fused-ring (bicyclic) bond motifs is 1. The molecule has 2 aliphatic rings. The van der Waals surface area contributed by atoms with E-state index in [0.717, 1.165) is 15.6 Å². The predicted molar refractivity (Wildman–Crippen MR) is 149 cm³/mol. The van der Waals surface area contributed by atoms with Crippen LogP contribution in [-0.4, -0.2) is 127 Å². The number of nitrogen functional groups attached to an aromatic ring is 1. The molecule has 3 aromatic heterocycles. The van der Waals surface area contributed by atoms with E-state index >= 15 is 0 Å². The third kappa shape index (κ3) is 10.0. The van der Waals surface area contributed by atoms with Gasteiger partial charge < -0.3 is 60.2 Å². The van der Waals surface area contributed by atoms with E-state index in [9.17, 15) is 54.4 Å². The van der Waals surface area contributed by atoms with Gasteiger partial charge in [0.1, 0.15) is 42.7 Å². The van der Waals surface area contributed by atoms with Crippen molar-refractivity contribution in [1.29, 1.82) is 0 Å². The quantitative estimate of drug-likeness (QED) is 0.0590. The summed E-state index contributed by atoms with van der Waals surface area (Å²) in [6.45, 7) is 0.312. The minimum atomic E-state index is -5.98. The van der Waals surface area contributed by atoms with Gasteiger partial charge >= 0.3 is 59.1 Å². The molecule has 2 saturated heterocycles. The molecule has 12 atom stereocenters. The Morgan fingerprint density at radius 3 is 2.40 bits per heavy atom. The number of H-pyrrole nitrogens is 1. The van der Waals surface area contributed by atoms with Crippen molar-refractivity contribution in [2.45, 2.75) is 87.7 Å². The van der Waals surface area contributed by atoms with Crippen molar-refractivity contribution in [3.8, 4) is 0 Å². The Kier molecular flexibility index (Phi) is 15.3. The van der Waals surface area contributed by atoms with E-state index in [1.165, 1.54) is 6.20 Å². The largest absolute Gasteiger partial charge is 1.00 e. The molecule has 0 saturated carbocycles. The number of imidazole rings is 1. The van der Waals surface area contributed by atoms with Crippen LogP contribution in [-0.2, 0) is 44.9 Å². The molecule has 3 aromatic rings. The van der Waals surface area contributed by atoms with E-state index in [-0.39, 0.29) is 89.2 Å². The van der Waals surface area contributed by atoms with Crippen LogP contribution in [0.4, 0.5) is 5.95 Å². The van der Waals surface area contributed by atoms with E-state index in [1.807, 2.05) is 0 Å². The number of hydrogen-bond donors (Lipinski definition) is 8. The summed E-state index contributed by atoms with van der Waals surface area (Å²) < 4.78 is 51.0. The van der Waals surface area contributed by atoms with Crippen LogP contribution in [0.3, 0.4) is 0 Å². The number of hydrogen-bond acceptors (Lipinski definition) is 21. The van der Waals surface area contributed by atoms with Gasteiger partial charge in [0.25, 0.3) is 21.2 Å². The molecule has 28 heteroatoms. The number of rotatable bonds is 13. The summed E-state index contributed by atoms with van der Waals surface area (Å²) >= 11 is 0. The minimum absolute atomic E-state index is 0. The number of aliphatic hydroxyl groups excluding tert-OH is 6. The molecule has 0 amide bonds. The first-order valence-corrected chi connectivity index (χ1v) is 17.1. The van der Waals surface area contributed by atoms with E-state index in [1.54, 1.807) is 6.92 Å². The van der Waals surface area contributed by atoms with Crippen LogP contribution >= 0.6 is 15.6 Å². The molecular formula is C22H32N8Na2O16P2. The first kappa shape index (κ1) is 43.6. The maximum absolute atomic E-state index is 12.5. The van der Waals surface area contributed by atoms with E-state index in [0.29, 0.717) is 12.1 Å². The molecule has 50 heavy (non-hydrogen) atoms. The van der Waals surface area contributed by atoms with Gasteiger partial charge in [0.15, 0.2) is 23.7 Å². The topological polar surface area (TPSA) is 368 Å². The van der Waals surface area contributed by atoms with E-state index in [4.69, 9.17) is 15.2 Å². The SMILES string of the molecule is CCC(O)Cc1cn(C[C@@H]2O[C@H](OP(=O)([O-])OP(=O)([O-])OC[C@H]3O[C@@H](n4cnc5c(=O)[nH]c(N)nc54)[C@H](O)[C@@H]3O)[C@@H](O)[C@H](O)[C@@H]2O)nn1.[Na+].[Na+]. The van der Waals surface area contributed by atoms with Crippen LogP contribution in [0.2, 0.25) is 0 Å². The number of aliphatic hydroxyl groups is 6. The summed E-state index contributed by atoms with van der Waals surface area (Å²) in [5.41, 5.74) is 4.89. The van der Waals surface area contributed by atoms with Crippen LogP contribution in [0, 0.1) is 0 Å². The Morgan fingerprint density at radius 2 is 1.72 bits per heavy atom. The smallest absolute Gasteiger partial charge is 0.756 e. The van der Waals surface area contributed by atoms with Gasteiger partial charge in [-0.3, -0.25) is 28.0 Å². The van der Waals surface area contributed by atoms with E-state index < -0.39 is 89.2 Å². The monoisotopic (exact) mass is 772 g/mol. The van der Waals surface area contributed by atoms with Crippen LogP contribution in [0.1, 0.15) is 25.3 Å². The van der Waals surface area contributed by atoms with Crippen LogP contribution in [0.25, 0.3) is 11.2 Å². The molecule has 0 bridgehead atoms. The summed E-state index contributed by atoms with van der Waals surface area (Å²) in [7, 11) is -11.8. The van der Waals surface area contributed by atoms with Gasteiger partial charge in [-0.1, -0.05) is 12.1 Å². The van der Waals surface area contributed by atoms with Crippen molar-refractivity contribution >= 4 is 32.8 Å². The Hall–Kier alpha value is -0.770. The number of ether oxygens (including phenoxy) is 2. The summed E-state index contributed by atoms with van der Waals surface area (Å²) in [5.74, 6) is -0.295. The fraction of sp³-hybridized carbons (Fsp3) is 0.682. The Balaban J connectivity index is 0.00000338. The summed E-state index contributed by atoms with van der Waals surface area (Å²) in [6.07, 6.45) is -14.1. The van der Waals surface area contributed by atoms with Crippen molar-refractivity contribution < 1.29 is 132 Å². The van der Waals surface area contributed by atoms with Crippen molar-refractivity contribution in [1.82, 2.24) is 34.5 Å². The second-order valence-electron chi connectivity index (χ2n) is 10.9. The summed E-state index contributed by atoms with van der Waals surface area (Å²) in [6, 6.07) is 0. The number of nitrogens with two attached hydrogens (primary N) is 1. The number of nitrogens with one attached hydrogen (secondary N) is 1. The summed E-state index contributed by atoms with van der Waals surface area (Å²) in [4.78, 5) is 47.0. The van der Waals surface area contributed by atoms with Gasteiger partial charge in [0, 0.05) is 12.6 Å². The third-order valence-corrected chi connectivity index (χ3v) is 9.96. The molecule has 268 valence electrons. The number of phosphoric acid groups is 2. The van der Waals surface area contributed by atoms with Crippen LogP contribution < -0.4 is 80.2 Å². The van der Waals surface area contributed by atoms with Crippen molar-refractivity contribution in [3.63, 3.8) is 0 Å². The number of aromatic amines is 1. The molecule has 0 aromatic carbocycles. The fourth-order valence-electron chi connectivity index (χ4n) is 4.93. The maximum Gasteiger partial charge on any atom is 1.00 e. The minimum Gasteiger partial charge on any atom is -0.756 e. The third-order valence-electron chi connectivity index (χ3n) is 7.43. The predicted octanol–water partition coefficient (Wildman–Crippen LogP) is -11.3. The van der Waals surface area contributed by atoms with Gasteiger partial charge in [-0.2, -0.15) is 4.98 Å². The average Bonchev–Trinajstić information content (AvgIpc) is 3.70. The number of nitrogens with zero attached hydrogens (tertiary/aromatic N) is 6. The second-order valence-corrected chi connectivity index (χ2v) is 13.8. The molecule has 24 nitrogen and oxygen atoms in total. The fourth-order valence-corrected chi connectivity index (χ4v) is 7.01.